The minimum atomic E-state index is 0.449. The van der Waals surface area contributed by atoms with Gasteiger partial charge in [0.1, 0.15) is 0 Å². The summed E-state index contributed by atoms with van der Waals surface area (Å²) in [6, 6.07) is 5.85. The van der Waals surface area contributed by atoms with Crippen LogP contribution >= 0.6 is 23.1 Å². The fourth-order valence-electron chi connectivity index (χ4n) is 2.29. The minimum Gasteiger partial charge on any atom is -0.338 e. The molecule has 4 aromatic heterocycles. The van der Waals surface area contributed by atoms with Crippen LogP contribution in [0.15, 0.2) is 33.3 Å². The monoisotopic (exact) mass is 374 g/mol. The summed E-state index contributed by atoms with van der Waals surface area (Å²) in [4.78, 5) is 5.34. The van der Waals surface area contributed by atoms with Crippen molar-refractivity contribution >= 4 is 23.1 Å². The van der Waals surface area contributed by atoms with Crippen molar-refractivity contribution < 1.29 is 4.52 Å². The Morgan fingerprint density at radius 1 is 1.32 bits per heavy atom. The molecule has 0 fully saturated rings. The van der Waals surface area contributed by atoms with Crippen LogP contribution in [0.2, 0.25) is 0 Å². The van der Waals surface area contributed by atoms with Gasteiger partial charge in [-0.05, 0) is 31.4 Å². The molecule has 0 saturated carbocycles. The van der Waals surface area contributed by atoms with Gasteiger partial charge in [-0.15, -0.1) is 21.5 Å². The summed E-state index contributed by atoms with van der Waals surface area (Å²) in [5.41, 5.74) is 1.83. The number of hydrogen-bond donors (Lipinski definition) is 1. The molecular formula is C14H14N8OS2. The van der Waals surface area contributed by atoms with E-state index in [4.69, 9.17) is 10.4 Å². The van der Waals surface area contributed by atoms with Gasteiger partial charge in [0.2, 0.25) is 16.9 Å². The van der Waals surface area contributed by atoms with Crippen molar-refractivity contribution in [2.45, 2.75) is 24.8 Å². The molecule has 0 aromatic carbocycles. The van der Waals surface area contributed by atoms with Gasteiger partial charge in [0, 0.05) is 5.69 Å². The van der Waals surface area contributed by atoms with E-state index in [0.29, 0.717) is 28.6 Å². The highest BCUT2D eigenvalue weighted by Gasteiger charge is 2.16. The molecule has 0 radical (unpaired) electrons. The maximum Gasteiger partial charge on any atom is 0.271 e. The van der Waals surface area contributed by atoms with Crippen molar-refractivity contribution in [1.29, 1.82) is 0 Å². The third-order valence-electron chi connectivity index (χ3n) is 3.38. The molecule has 0 spiro atoms. The van der Waals surface area contributed by atoms with E-state index in [-0.39, 0.29) is 0 Å². The molecular weight excluding hydrogens is 360 g/mol. The number of rotatable bonds is 5. The Morgan fingerprint density at radius 2 is 2.20 bits per heavy atom. The van der Waals surface area contributed by atoms with Gasteiger partial charge < -0.3 is 10.4 Å². The Balaban J connectivity index is 1.50. The van der Waals surface area contributed by atoms with E-state index in [1.54, 1.807) is 16.0 Å². The van der Waals surface area contributed by atoms with Gasteiger partial charge in [-0.1, -0.05) is 23.0 Å². The lowest BCUT2D eigenvalue weighted by Gasteiger charge is -2.03. The van der Waals surface area contributed by atoms with Crippen molar-refractivity contribution in [3.05, 3.63) is 40.9 Å². The normalized spacial score (nSPS) is 11.3. The van der Waals surface area contributed by atoms with Crippen molar-refractivity contribution in [2.75, 3.05) is 5.84 Å². The fourth-order valence-corrected chi connectivity index (χ4v) is 3.63. The van der Waals surface area contributed by atoms with Gasteiger partial charge in [0.15, 0.2) is 0 Å². The Labute approximate surface area is 150 Å². The zero-order valence-electron chi connectivity index (χ0n) is 13.4. The van der Waals surface area contributed by atoms with Gasteiger partial charge in [-0.3, -0.25) is 0 Å². The number of nitrogens with two attached hydrogens (primary N) is 1. The molecule has 4 aromatic rings. The Morgan fingerprint density at radius 3 is 2.92 bits per heavy atom. The van der Waals surface area contributed by atoms with E-state index in [1.807, 2.05) is 37.4 Å². The van der Waals surface area contributed by atoms with E-state index in [0.717, 1.165) is 16.3 Å². The maximum atomic E-state index is 6.11. The summed E-state index contributed by atoms with van der Waals surface area (Å²) in [7, 11) is 0. The molecule has 0 amide bonds. The van der Waals surface area contributed by atoms with Crippen LogP contribution in [0.3, 0.4) is 0 Å². The van der Waals surface area contributed by atoms with E-state index in [2.05, 4.69) is 25.4 Å². The Bertz CT molecular complexity index is 1000. The third kappa shape index (κ3) is 3.03. The lowest BCUT2D eigenvalue weighted by Crippen LogP contribution is -2.17. The van der Waals surface area contributed by atoms with Gasteiger partial charge in [-0.2, -0.15) is 10.1 Å². The number of thioether (sulfide) groups is 1. The van der Waals surface area contributed by atoms with Gasteiger partial charge in [-0.25, -0.2) is 9.36 Å². The standard InChI is InChI=1S/C14H14N8OS2/c1-8-6-9(2)22(19-8)13-17-18-14(21(13)15)25-7-11-16-12(20-23-11)10-4-3-5-24-10/h3-6H,7,15H2,1-2H3. The summed E-state index contributed by atoms with van der Waals surface area (Å²) in [6.45, 7) is 3.85. The first-order chi connectivity index (χ1) is 12.1. The second-order valence-electron chi connectivity index (χ2n) is 5.27. The second-order valence-corrected chi connectivity index (χ2v) is 7.16. The summed E-state index contributed by atoms with van der Waals surface area (Å²) in [6.07, 6.45) is 0. The van der Waals surface area contributed by atoms with E-state index < -0.39 is 0 Å². The quantitative estimate of drug-likeness (QED) is 0.418. The fraction of sp³-hybridized carbons (Fsp3) is 0.214. The largest absolute Gasteiger partial charge is 0.338 e. The lowest BCUT2D eigenvalue weighted by atomic mass is 10.4. The first kappa shape index (κ1) is 15.8. The highest BCUT2D eigenvalue weighted by atomic mass is 32.2. The number of thiophene rings is 1. The highest BCUT2D eigenvalue weighted by Crippen LogP contribution is 2.25. The molecule has 0 saturated heterocycles. The maximum absolute atomic E-state index is 6.11. The predicted octanol–water partition coefficient (Wildman–Crippen LogP) is 2.20. The van der Waals surface area contributed by atoms with Crippen LogP contribution in [-0.2, 0) is 5.75 Å². The molecule has 4 heterocycles. The summed E-state index contributed by atoms with van der Waals surface area (Å²) in [5.74, 6) is 8.10. The highest BCUT2D eigenvalue weighted by molar-refractivity contribution is 7.98. The summed E-state index contributed by atoms with van der Waals surface area (Å²) >= 11 is 2.93. The van der Waals surface area contributed by atoms with Crippen LogP contribution in [0.1, 0.15) is 17.3 Å². The van der Waals surface area contributed by atoms with Crippen molar-refractivity contribution in [3.63, 3.8) is 0 Å². The van der Waals surface area contributed by atoms with Crippen LogP contribution in [0.25, 0.3) is 16.6 Å². The first-order valence-electron chi connectivity index (χ1n) is 7.35. The Hall–Kier alpha value is -2.66. The van der Waals surface area contributed by atoms with Gasteiger partial charge in [0.05, 0.1) is 16.3 Å². The molecule has 2 N–H and O–H groups in total. The van der Waals surface area contributed by atoms with Gasteiger partial charge >= 0.3 is 0 Å². The minimum absolute atomic E-state index is 0.449. The molecule has 0 aliphatic rings. The Kier molecular flexibility index (Phi) is 4.01. The summed E-state index contributed by atoms with van der Waals surface area (Å²) in [5, 5.41) is 19.1. The molecule has 0 bridgehead atoms. The second kappa shape index (κ2) is 6.33. The number of nitrogens with zero attached hydrogens (tertiary/aromatic N) is 7. The van der Waals surface area contributed by atoms with Crippen LogP contribution < -0.4 is 5.84 Å². The predicted molar refractivity (Wildman–Crippen MR) is 93.9 cm³/mol. The molecule has 128 valence electrons. The number of aromatic nitrogens is 7. The van der Waals surface area contributed by atoms with Crippen LogP contribution in [0.4, 0.5) is 0 Å². The molecule has 9 nitrogen and oxygen atoms in total. The van der Waals surface area contributed by atoms with Gasteiger partial charge in [0.25, 0.3) is 5.95 Å². The molecule has 0 unspecified atom stereocenters. The van der Waals surface area contributed by atoms with E-state index in [1.165, 1.54) is 16.4 Å². The average Bonchev–Trinajstić information content (AvgIpc) is 3.34. The zero-order chi connectivity index (χ0) is 17.4. The zero-order valence-corrected chi connectivity index (χ0v) is 15.1. The van der Waals surface area contributed by atoms with Crippen LogP contribution in [0, 0.1) is 13.8 Å². The van der Waals surface area contributed by atoms with Crippen molar-refractivity contribution in [2.24, 2.45) is 0 Å². The number of aryl methyl sites for hydroxylation is 2. The number of hydrogen-bond acceptors (Lipinski definition) is 9. The van der Waals surface area contributed by atoms with Crippen molar-refractivity contribution in [1.82, 2.24) is 34.8 Å². The molecule has 11 heteroatoms. The smallest absolute Gasteiger partial charge is 0.271 e. The molecule has 0 atom stereocenters. The molecule has 0 aliphatic carbocycles. The van der Waals surface area contributed by atoms with Crippen LogP contribution in [0.5, 0.6) is 0 Å². The average molecular weight is 374 g/mol. The first-order valence-corrected chi connectivity index (χ1v) is 9.22. The SMILES string of the molecule is Cc1cc(C)n(-c2nnc(SCc3nc(-c4cccs4)no3)n2N)n1. The van der Waals surface area contributed by atoms with Crippen molar-refractivity contribution in [3.8, 4) is 16.6 Å². The van der Waals surface area contributed by atoms with E-state index in [9.17, 15) is 0 Å². The topological polar surface area (TPSA) is 113 Å². The number of nitrogen functional groups attached to an aromatic ring is 1. The molecule has 4 rings (SSSR count). The molecule has 25 heavy (non-hydrogen) atoms. The molecule has 0 aliphatic heterocycles. The van der Waals surface area contributed by atoms with E-state index >= 15 is 0 Å². The summed E-state index contributed by atoms with van der Waals surface area (Å²) < 4.78 is 8.34. The third-order valence-corrected chi connectivity index (χ3v) is 5.17. The van der Waals surface area contributed by atoms with Crippen LogP contribution in [-0.4, -0.2) is 34.8 Å². The lowest BCUT2D eigenvalue weighted by molar-refractivity contribution is 0.391.